The van der Waals surface area contributed by atoms with Crippen LogP contribution in [0.1, 0.15) is 18.5 Å². The Hall–Kier alpha value is -2.41. The molecule has 0 aliphatic carbocycles. The number of aliphatic carboxylic acids is 1. The van der Waals surface area contributed by atoms with E-state index < -0.39 is 5.97 Å². The van der Waals surface area contributed by atoms with Crippen molar-refractivity contribution >= 4 is 23.3 Å². The van der Waals surface area contributed by atoms with Crippen LogP contribution in [0.3, 0.4) is 0 Å². The van der Waals surface area contributed by atoms with Crippen molar-refractivity contribution in [2.24, 2.45) is 5.92 Å². The molecule has 7 heteroatoms. The number of carbonyl (C=O) groups excluding carboxylic acids is 1. The number of carboxylic acids is 1. The second-order valence-corrected chi connectivity index (χ2v) is 6.63. The summed E-state index contributed by atoms with van der Waals surface area (Å²) in [5.74, 6) is -1.10. The maximum atomic E-state index is 12.2. The summed E-state index contributed by atoms with van der Waals surface area (Å²) in [5.41, 5.74) is 1.89. The molecule has 0 bridgehead atoms. The molecule has 1 aromatic heterocycles. The third kappa shape index (κ3) is 3.91. The van der Waals surface area contributed by atoms with Gasteiger partial charge in [0.05, 0.1) is 18.2 Å². The Balaban J connectivity index is 1.50. The number of nitrogens with zero attached hydrogens (tertiary/aromatic N) is 2. The number of likely N-dealkylation sites (tertiary alicyclic amines) is 1. The minimum absolute atomic E-state index is 0.159. The summed E-state index contributed by atoms with van der Waals surface area (Å²) in [5, 5.41) is 14.7. The Labute approximate surface area is 144 Å². The molecule has 1 saturated heterocycles. The lowest BCUT2D eigenvalue weighted by Gasteiger charge is -2.30. The fraction of sp³-hybridized carbons (Fsp3) is 0.353. The van der Waals surface area contributed by atoms with Crippen molar-refractivity contribution in [2.75, 3.05) is 13.1 Å². The van der Waals surface area contributed by atoms with Gasteiger partial charge in [0.25, 0.3) is 0 Å². The minimum atomic E-state index is -0.772. The van der Waals surface area contributed by atoms with Crippen LogP contribution >= 0.6 is 11.3 Å². The predicted octanol–water partition coefficient (Wildman–Crippen LogP) is 2.82. The molecule has 3 rings (SSSR count). The van der Waals surface area contributed by atoms with Crippen molar-refractivity contribution in [3.8, 4) is 10.6 Å². The van der Waals surface area contributed by atoms with Gasteiger partial charge in [-0.15, -0.1) is 11.3 Å². The summed E-state index contributed by atoms with van der Waals surface area (Å²) in [7, 11) is 0. The highest BCUT2D eigenvalue weighted by Gasteiger charge is 2.26. The van der Waals surface area contributed by atoms with Gasteiger partial charge in [-0.2, -0.15) is 0 Å². The molecule has 2 amide bonds. The smallest absolute Gasteiger partial charge is 0.317 e. The second kappa shape index (κ2) is 7.44. The first-order valence-corrected chi connectivity index (χ1v) is 8.77. The van der Waals surface area contributed by atoms with Gasteiger partial charge >= 0.3 is 12.0 Å². The monoisotopic (exact) mass is 345 g/mol. The lowest BCUT2D eigenvalue weighted by atomic mass is 9.97. The molecule has 1 aliphatic rings. The third-order valence-corrected chi connectivity index (χ3v) is 5.06. The van der Waals surface area contributed by atoms with Crippen molar-refractivity contribution in [1.29, 1.82) is 0 Å². The van der Waals surface area contributed by atoms with E-state index in [1.165, 1.54) is 0 Å². The Morgan fingerprint density at radius 3 is 2.62 bits per heavy atom. The van der Waals surface area contributed by atoms with Gasteiger partial charge in [-0.3, -0.25) is 4.79 Å². The number of benzene rings is 1. The number of urea groups is 1. The highest BCUT2D eigenvalue weighted by atomic mass is 32.1. The molecule has 126 valence electrons. The lowest BCUT2D eigenvalue weighted by Crippen LogP contribution is -2.45. The van der Waals surface area contributed by atoms with Crippen LogP contribution in [0.2, 0.25) is 0 Å². The number of nitrogens with one attached hydrogen (secondary N) is 1. The lowest BCUT2D eigenvalue weighted by molar-refractivity contribution is -0.143. The predicted molar refractivity (Wildman–Crippen MR) is 91.7 cm³/mol. The first-order chi connectivity index (χ1) is 11.6. The number of piperidine rings is 1. The first-order valence-electron chi connectivity index (χ1n) is 7.89. The molecule has 0 saturated carbocycles. The van der Waals surface area contributed by atoms with Crippen LogP contribution in [0.5, 0.6) is 0 Å². The minimum Gasteiger partial charge on any atom is -0.481 e. The number of carbonyl (C=O) groups is 2. The number of hydrogen-bond acceptors (Lipinski definition) is 4. The van der Waals surface area contributed by atoms with Crippen molar-refractivity contribution < 1.29 is 14.7 Å². The summed E-state index contributed by atoms with van der Waals surface area (Å²) in [6.45, 7) is 1.34. The van der Waals surface area contributed by atoms with Crippen molar-refractivity contribution in [3.63, 3.8) is 0 Å². The molecule has 24 heavy (non-hydrogen) atoms. The van der Waals surface area contributed by atoms with E-state index in [1.54, 1.807) is 16.2 Å². The SMILES string of the molecule is O=C(O)C1CCN(C(=O)NCc2csc(-c3ccccc3)n2)CC1. The average Bonchev–Trinajstić information content (AvgIpc) is 3.09. The van der Waals surface area contributed by atoms with Crippen LogP contribution in [-0.2, 0) is 11.3 Å². The number of aromatic nitrogens is 1. The topological polar surface area (TPSA) is 82.5 Å². The van der Waals surface area contributed by atoms with Gasteiger partial charge in [0.15, 0.2) is 0 Å². The van der Waals surface area contributed by atoms with E-state index >= 15 is 0 Å². The maximum Gasteiger partial charge on any atom is 0.317 e. The van der Waals surface area contributed by atoms with Crippen LogP contribution < -0.4 is 5.32 Å². The van der Waals surface area contributed by atoms with E-state index in [9.17, 15) is 9.59 Å². The number of thiazole rings is 1. The van der Waals surface area contributed by atoms with Crippen LogP contribution in [0.4, 0.5) is 4.79 Å². The highest BCUT2D eigenvalue weighted by molar-refractivity contribution is 7.13. The van der Waals surface area contributed by atoms with Crippen LogP contribution in [0, 0.1) is 5.92 Å². The molecule has 0 atom stereocenters. The van der Waals surface area contributed by atoms with E-state index in [-0.39, 0.29) is 11.9 Å². The van der Waals surface area contributed by atoms with Gasteiger partial charge < -0.3 is 15.3 Å². The standard InChI is InChI=1S/C17H19N3O3S/c21-16(22)13-6-8-20(9-7-13)17(23)18-10-14-11-24-15(19-14)12-4-2-1-3-5-12/h1-5,11,13H,6-10H2,(H,18,23)(H,21,22). The fourth-order valence-electron chi connectivity index (χ4n) is 2.71. The summed E-state index contributed by atoms with van der Waals surface area (Å²) in [4.78, 5) is 29.3. The third-order valence-electron chi connectivity index (χ3n) is 4.12. The Morgan fingerprint density at radius 1 is 1.25 bits per heavy atom. The number of carboxylic acid groups (broad SMARTS) is 1. The van der Waals surface area contributed by atoms with E-state index in [1.807, 2.05) is 35.7 Å². The van der Waals surface area contributed by atoms with Gasteiger partial charge in [0, 0.05) is 24.0 Å². The summed E-state index contributed by atoms with van der Waals surface area (Å²) in [6, 6.07) is 9.76. The average molecular weight is 345 g/mol. The molecule has 1 fully saturated rings. The van der Waals surface area contributed by atoms with Crippen LogP contribution in [0.15, 0.2) is 35.7 Å². The van der Waals surface area contributed by atoms with Gasteiger partial charge in [0.2, 0.25) is 0 Å². The van der Waals surface area contributed by atoms with Crippen LogP contribution in [-0.4, -0.2) is 40.1 Å². The molecule has 2 heterocycles. The Kier molecular flexibility index (Phi) is 5.10. The first kappa shape index (κ1) is 16.4. The summed E-state index contributed by atoms with van der Waals surface area (Å²) in [6.07, 6.45) is 1.02. The van der Waals surface area contributed by atoms with E-state index in [2.05, 4.69) is 10.3 Å². The second-order valence-electron chi connectivity index (χ2n) is 5.77. The van der Waals surface area contributed by atoms with Crippen molar-refractivity contribution in [2.45, 2.75) is 19.4 Å². The zero-order valence-corrected chi connectivity index (χ0v) is 14.0. The summed E-state index contributed by atoms with van der Waals surface area (Å²) >= 11 is 1.55. The van der Waals surface area contributed by atoms with Gasteiger partial charge in [-0.1, -0.05) is 30.3 Å². The number of amides is 2. The maximum absolute atomic E-state index is 12.2. The van der Waals surface area contributed by atoms with Crippen molar-refractivity contribution in [1.82, 2.24) is 15.2 Å². The van der Waals surface area contributed by atoms with Crippen molar-refractivity contribution in [3.05, 3.63) is 41.4 Å². The Bertz CT molecular complexity index is 709. The zero-order chi connectivity index (χ0) is 16.9. The van der Waals surface area contributed by atoms with E-state index in [0.717, 1.165) is 16.3 Å². The zero-order valence-electron chi connectivity index (χ0n) is 13.1. The normalized spacial score (nSPS) is 15.2. The molecule has 1 aromatic carbocycles. The fourth-order valence-corrected chi connectivity index (χ4v) is 3.53. The van der Waals surface area contributed by atoms with Crippen LogP contribution in [0.25, 0.3) is 10.6 Å². The molecule has 0 radical (unpaired) electrons. The van der Waals surface area contributed by atoms with Gasteiger partial charge in [-0.05, 0) is 12.8 Å². The Morgan fingerprint density at radius 2 is 1.96 bits per heavy atom. The van der Waals surface area contributed by atoms with Gasteiger partial charge in [-0.25, -0.2) is 9.78 Å². The molecular formula is C17H19N3O3S. The molecule has 2 N–H and O–H groups in total. The molecule has 1 aliphatic heterocycles. The van der Waals surface area contributed by atoms with E-state index in [4.69, 9.17) is 5.11 Å². The molecular weight excluding hydrogens is 326 g/mol. The van der Waals surface area contributed by atoms with E-state index in [0.29, 0.717) is 32.5 Å². The van der Waals surface area contributed by atoms with Gasteiger partial charge in [0.1, 0.15) is 5.01 Å². The molecule has 6 nitrogen and oxygen atoms in total. The molecule has 0 spiro atoms. The largest absolute Gasteiger partial charge is 0.481 e. The number of hydrogen-bond donors (Lipinski definition) is 2. The quantitative estimate of drug-likeness (QED) is 0.893. The highest BCUT2D eigenvalue weighted by Crippen LogP contribution is 2.23. The number of rotatable bonds is 4. The molecule has 0 unspecified atom stereocenters. The molecule has 2 aromatic rings. The summed E-state index contributed by atoms with van der Waals surface area (Å²) < 4.78 is 0.